The highest BCUT2D eigenvalue weighted by atomic mass is 16.5. The summed E-state index contributed by atoms with van der Waals surface area (Å²) in [6.07, 6.45) is 3.37. The van der Waals surface area contributed by atoms with Crippen LogP contribution in [0.4, 0.5) is 5.95 Å². The fraction of sp³-hybridized carbons (Fsp3) is 0.611. The summed E-state index contributed by atoms with van der Waals surface area (Å²) in [6.45, 7) is 3.39. The highest BCUT2D eigenvalue weighted by Gasteiger charge is 2.47. The maximum atomic E-state index is 5.57. The highest BCUT2D eigenvalue weighted by molar-refractivity contribution is 5.43. The van der Waals surface area contributed by atoms with E-state index in [1.807, 2.05) is 16.8 Å². The van der Waals surface area contributed by atoms with Gasteiger partial charge in [-0.1, -0.05) is 23.3 Å². The van der Waals surface area contributed by atoms with Crippen LogP contribution in [0.2, 0.25) is 0 Å². The van der Waals surface area contributed by atoms with Crippen LogP contribution in [0.25, 0.3) is 0 Å². The van der Waals surface area contributed by atoms with E-state index in [0.29, 0.717) is 5.92 Å². The number of hydrogen-bond acceptors (Lipinski definition) is 6. The average molecular weight is 343 g/mol. The predicted octanol–water partition coefficient (Wildman–Crippen LogP) is 1.89. The van der Waals surface area contributed by atoms with Gasteiger partial charge in [-0.3, -0.25) is 0 Å². The number of rotatable bonds is 7. The van der Waals surface area contributed by atoms with E-state index in [4.69, 9.17) is 9.47 Å². The Labute approximate surface area is 147 Å². The molecule has 1 aromatic heterocycles. The lowest BCUT2D eigenvalue weighted by atomic mass is 9.95. The molecule has 1 aliphatic heterocycles. The fourth-order valence-corrected chi connectivity index (χ4v) is 3.80. The molecule has 1 aliphatic carbocycles. The van der Waals surface area contributed by atoms with Crippen molar-refractivity contribution in [2.24, 2.45) is 5.92 Å². The molecule has 2 aliphatic rings. The van der Waals surface area contributed by atoms with Gasteiger partial charge in [0.05, 0.1) is 20.3 Å². The van der Waals surface area contributed by atoms with Gasteiger partial charge in [-0.15, -0.1) is 0 Å². The first-order valence-corrected chi connectivity index (χ1v) is 8.90. The van der Waals surface area contributed by atoms with E-state index < -0.39 is 0 Å². The molecule has 4 rings (SSSR count). The van der Waals surface area contributed by atoms with Crippen molar-refractivity contribution in [3.05, 3.63) is 29.8 Å². The number of methoxy groups -OCH3 is 1. The predicted molar refractivity (Wildman–Crippen MR) is 93.9 cm³/mol. The van der Waals surface area contributed by atoms with Crippen LogP contribution in [-0.4, -0.2) is 54.1 Å². The zero-order valence-corrected chi connectivity index (χ0v) is 14.9. The number of para-hydroxylation sites is 1. The first kappa shape index (κ1) is 16.3. The van der Waals surface area contributed by atoms with Crippen LogP contribution in [0, 0.1) is 5.92 Å². The summed E-state index contributed by atoms with van der Waals surface area (Å²) in [5.74, 6) is 2.33. The Morgan fingerprint density at radius 2 is 2.20 bits per heavy atom. The van der Waals surface area contributed by atoms with E-state index in [9.17, 15) is 0 Å². The molecule has 0 unspecified atom stereocenters. The summed E-state index contributed by atoms with van der Waals surface area (Å²) in [5.41, 5.74) is 1.33. The third-order valence-electron chi connectivity index (χ3n) is 5.39. The maximum absolute atomic E-state index is 5.57. The van der Waals surface area contributed by atoms with Gasteiger partial charge in [0, 0.05) is 37.1 Å². The number of aromatic nitrogens is 4. The Hall–Kier alpha value is -2.15. The Balaban J connectivity index is 1.52. The number of tetrazole rings is 1. The maximum Gasteiger partial charge on any atom is 0.245 e. The largest absolute Gasteiger partial charge is 0.496 e. The van der Waals surface area contributed by atoms with Crippen LogP contribution in [0.3, 0.4) is 0 Å². The van der Waals surface area contributed by atoms with Crippen LogP contribution in [0.1, 0.15) is 24.8 Å². The molecule has 134 valence electrons. The van der Waals surface area contributed by atoms with Crippen molar-refractivity contribution >= 4 is 5.95 Å². The van der Waals surface area contributed by atoms with E-state index in [1.54, 1.807) is 7.11 Å². The van der Waals surface area contributed by atoms with Gasteiger partial charge in [0.25, 0.3) is 0 Å². The lowest BCUT2D eigenvalue weighted by Crippen LogP contribution is -2.30. The molecule has 0 amide bonds. The van der Waals surface area contributed by atoms with Crippen LogP contribution in [0.5, 0.6) is 5.75 Å². The topological polar surface area (TPSA) is 65.3 Å². The average Bonchev–Trinajstić information content (AvgIpc) is 3.01. The Morgan fingerprint density at radius 1 is 1.36 bits per heavy atom. The standard InChI is InChI=1S/C18H25N5O2/c1-22(11-14-7-10-25-12-14)17-19-20-21-23(17)13-18(8-9-18)15-5-3-4-6-16(15)24-2/h3-6,14H,7-13H2,1-2H3/t14-/m1/s1. The third-order valence-corrected chi connectivity index (χ3v) is 5.39. The van der Waals surface area contributed by atoms with Crippen LogP contribution >= 0.6 is 0 Å². The van der Waals surface area contributed by atoms with Gasteiger partial charge in [0.15, 0.2) is 0 Å². The Bertz CT molecular complexity index is 722. The molecule has 1 saturated heterocycles. The van der Waals surface area contributed by atoms with Crippen LogP contribution < -0.4 is 9.64 Å². The molecule has 1 saturated carbocycles. The molecule has 1 aromatic carbocycles. The van der Waals surface area contributed by atoms with Crippen molar-refractivity contribution in [3.63, 3.8) is 0 Å². The molecular formula is C18H25N5O2. The Morgan fingerprint density at radius 3 is 2.92 bits per heavy atom. The number of hydrogen-bond donors (Lipinski definition) is 0. The molecule has 0 N–H and O–H groups in total. The van der Waals surface area contributed by atoms with E-state index in [1.165, 1.54) is 5.56 Å². The lowest BCUT2D eigenvalue weighted by molar-refractivity contribution is 0.186. The summed E-state index contributed by atoms with van der Waals surface area (Å²) in [7, 11) is 3.79. The Kier molecular flexibility index (Phi) is 4.33. The van der Waals surface area contributed by atoms with Crippen molar-refractivity contribution in [2.45, 2.75) is 31.2 Å². The monoisotopic (exact) mass is 343 g/mol. The molecule has 0 radical (unpaired) electrons. The second-order valence-electron chi connectivity index (χ2n) is 7.23. The molecule has 7 nitrogen and oxygen atoms in total. The molecule has 25 heavy (non-hydrogen) atoms. The smallest absolute Gasteiger partial charge is 0.245 e. The van der Waals surface area contributed by atoms with Crippen LogP contribution in [-0.2, 0) is 16.7 Å². The fourth-order valence-electron chi connectivity index (χ4n) is 3.80. The zero-order valence-electron chi connectivity index (χ0n) is 14.9. The second-order valence-corrected chi connectivity index (χ2v) is 7.23. The quantitative estimate of drug-likeness (QED) is 0.765. The first-order chi connectivity index (χ1) is 12.2. The number of anilines is 1. The summed E-state index contributed by atoms with van der Waals surface area (Å²) < 4.78 is 13.0. The molecule has 7 heteroatoms. The molecular weight excluding hydrogens is 318 g/mol. The molecule has 2 aromatic rings. The van der Waals surface area contributed by atoms with Crippen molar-refractivity contribution in [1.82, 2.24) is 20.2 Å². The molecule has 1 atom stereocenters. The van der Waals surface area contributed by atoms with Gasteiger partial charge in [-0.2, -0.15) is 0 Å². The van der Waals surface area contributed by atoms with E-state index >= 15 is 0 Å². The number of ether oxygens (including phenoxy) is 2. The molecule has 0 spiro atoms. The minimum absolute atomic E-state index is 0.0774. The lowest BCUT2D eigenvalue weighted by Gasteiger charge is -2.23. The number of nitrogens with zero attached hydrogens (tertiary/aromatic N) is 5. The van der Waals surface area contributed by atoms with Gasteiger partial charge in [-0.25, -0.2) is 4.68 Å². The first-order valence-electron chi connectivity index (χ1n) is 8.90. The molecule has 2 fully saturated rings. The van der Waals surface area contributed by atoms with Gasteiger partial charge >= 0.3 is 0 Å². The normalized spacial score (nSPS) is 21.3. The summed E-state index contributed by atoms with van der Waals surface area (Å²) in [5, 5.41) is 12.4. The number of benzene rings is 1. The van der Waals surface area contributed by atoms with E-state index in [0.717, 1.165) is 57.3 Å². The van der Waals surface area contributed by atoms with Crippen molar-refractivity contribution in [2.75, 3.05) is 38.8 Å². The molecule has 2 heterocycles. The highest BCUT2D eigenvalue weighted by Crippen LogP contribution is 2.52. The zero-order chi connectivity index (χ0) is 17.3. The van der Waals surface area contributed by atoms with Gasteiger partial charge < -0.3 is 14.4 Å². The molecule has 0 bridgehead atoms. The van der Waals surface area contributed by atoms with Crippen molar-refractivity contribution in [1.29, 1.82) is 0 Å². The summed E-state index contributed by atoms with van der Waals surface area (Å²) >= 11 is 0. The minimum Gasteiger partial charge on any atom is -0.496 e. The van der Waals surface area contributed by atoms with Gasteiger partial charge in [0.2, 0.25) is 5.95 Å². The second kappa shape index (κ2) is 6.63. The van der Waals surface area contributed by atoms with Gasteiger partial charge in [0.1, 0.15) is 5.75 Å². The third kappa shape index (κ3) is 3.20. The summed E-state index contributed by atoms with van der Waals surface area (Å²) in [6, 6.07) is 8.28. The van der Waals surface area contributed by atoms with Gasteiger partial charge in [-0.05, 0) is 35.8 Å². The van der Waals surface area contributed by atoms with Crippen molar-refractivity contribution in [3.8, 4) is 5.75 Å². The minimum atomic E-state index is 0.0774. The van der Waals surface area contributed by atoms with E-state index in [2.05, 4.69) is 39.6 Å². The van der Waals surface area contributed by atoms with Crippen molar-refractivity contribution < 1.29 is 9.47 Å². The SMILES string of the molecule is COc1ccccc1C1(Cn2nnnc2N(C)C[C@H]2CCOC2)CC1. The van der Waals surface area contributed by atoms with E-state index in [-0.39, 0.29) is 5.41 Å². The van der Waals surface area contributed by atoms with Crippen LogP contribution in [0.15, 0.2) is 24.3 Å². The summed E-state index contributed by atoms with van der Waals surface area (Å²) in [4.78, 5) is 2.15.